The van der Waals surface area contributed by atoms with E-state index in [-0.39, 0.29) is 42.6 Å². The molecule has 0 aromatic heterocycles. The predicted molar refractivity (Wildman–Crippen MR) is 142 cm³/mol. The number of nitrogens with zero attached hydrogens (tertiary/aromatic N) is 1. The molecule has 3 rings (SSSR count). The van der Waals surface area contributed by atoms with Crippen LogP contribution in [0, 0.1) is 11.3 Å². The molecule has 4 N–H and O–H groups in total. The van der Waals surface area contributed by atoms with Crippen molar-refractivity contribution in [1.29, 1.82) is 0 Å². The molecule has 2 heterocycles. The van der Waals surface area contributed by atoms with Crippen molar-refractivity contribution in [3.05, 3.63) is 18.2 Å². The van der Waals surface area contributed by atoms with Gasteiger partial charge in [-0.3, -0.25) is 9.59 Å². The fraction of sp³-hybridized carbons (Fsp3) is 0.692. The van der Waals surface area contributed by atoms with Gasteiger partial charge in [0, 0.05) is 19.2 Å². The first-order chi connectivity index (χ1) is 17.7. The molecule has 12 heteroatoms. The number of nitrogens with one attached hydrogen (secondary N) is 3. The molecule has 2 aliphatic rings. The second kappa shape index (κ2) is 12.2. The van der Waals surface area contributed by atoms with Gasteiger partial charge < -0.3 is 30.5 Å². The number of benzene rings is 1. The smallest absolute Gasteiger partial charge is 0.243 e. The number of carbonyl (C=O) groups is 2. The van der Waals surface area contributed by atoms with Crippen molar-refractivity contribution in [2.24, 2.45) is 11.3 Å². The average Bonchev–Trinajstić information content (AvgIpc) is 3.52. The van der Waals surface area contributed by atoms with Crippen LogP contribution in [0.1, 0.15) is 54.4 Å². The van der Waals surface area contributed by atoms with Gasteiger partial charge >= 0.3 is 0 Å². The zero-order chi connectivity index (χ0) is 28.3. The van der Waals surface area contributed by atoms with Crippen LogP contribution in [0.5, 0.6) is 11.5 Å². The minimum atomic E-state index is -3.98. The van der Waals surface area contributed by atoms with Gasteiger partial charge in [0.2, 0.25) is 28.6 Å². The topological polar surface area (TPSA) is 146 Å². The van der Waals surface area contributed by atoms with Gasteiger partial charge in [-0.15, -0.1) is 0 Å². The van der Waals surface area contributed by atoms with Gasteiger partial charge in [0.25, 0.3) is 0 Å². The molecule has 0 aliphatic carbocycles. The maximum atomic E-state index is 13.5. The van der Waals surface area contributed by atoms with Gasteiger partial charge in [0.1, 0.15) is 6.04 Å². The van der Waals surface area contributed by atoms with Crippen LogP contribution in [0.4, 0.5) is 0 Å². The molecule has 2 aliphatic heterocycles. The zero-order valence-corrected chi connectivity index (χ0v) is 23.9. The molecule has 38 heavy (non-hydrogen) atoms. The standard InChI is InChI=1S/C26H42N4O7S/c1-16(2)13-30(38(34,35)18-9-10-21-22(12-18)37-15-36-21)14-20(31)17(3)28-25(33)23(26(4,5)6)29-24(32)19-8-7-11-27-19/h9-10,12,16-17,19-20,23,27,31H,7-8,11,13-15H2,1-6H3,(H,28,33)(H,29,32)/t17-,19-,20+,23+/m0/s1. The fourth-order valence-corrected chi connectivity index (χ4v) is 6.10. The summed E-state index contributed by atoms with van der Waals surface area (Å²) in [4.78, 5) is 26.0. The first kappa shape index (κ1) is 30.1. The summed E-state index contributed by atoms with van der Waals surface area (Å²) < 4.78 is 38.9. The Kier molecular flexibility index (Phi) is 9.66. The van der Waals surface area contributed by atoms with E-state index < -0.39 is 39.5 Å². The Morgan fingerprint density at radius 1 is 1.13 bits per heavy atom. The lowest BCUT2D eigenvalue weighted by molar-refractivity contribution is -0.133. The molecule has 0 saturated carbocycles. The number of aliphatic hydroxyl groups excluding tert-OH is 1. The molecular weight excluding hydrogens is 512 g/mol. The Labute approximate surface area is 225 Å². The van der Waals surface area contributed by atoms with Crippen LogP contribution >= 0.6 is 0 Å². The van der Waals surface area contributed by atoms with Crippen LogP contribution < -0.4 is 25.4 Å². The molecule has 2 amide bonds. The Hall–Kier alpha value is -2.41. The minimum Gasteiger partial charge on any atom is -0.454 e. The van der Waals surface area contributed by atoms with E-state index in [4.69, 9.17) is 9.47 Å². The highest BCUT2D eigenvalue weighted by molar-refractivity contribution is 7.89. The zero-order valence-electron chi connectivity index (χ0n) is 23.1. The fourth-order valence-electron chi connectivity index (χ4n) is 4.46. The summed E-state index contributed by atoms with van der Waals surface area (Å²) in [6, 6.07) is 2.46. The molecule has 0 bridgehead atoms. The lowest BCUT2D eigenvalue weighted by atomic mass is 9.85. The van der Waals surface area contributed by atoms with E-state index in [1.807, 2.05) is 34.6 Å². The van der Waals surface area contributed by atoms with E-state index in [1.165, 1.54) is 16.4 Å². The molecule has 1 aromatic carbocycles. The summed E-state index contributed by atoms with van der Waals surface area (Å²) in [5.74, 6) is 0.133. The van der Waals surface area contributed by atoms with Gasteiger partial charge in [-0.05, 0) is 49.8 Å². The molecule has 0 unspecified atom stereocenters. The minimum absolute atomic E-state index is 0.0134. The number of aliphatic hydroxyl groups is 1. The average molecular weight is 555 g/mol. The van der Waals surface area contributed by atoms with Crippen molar-refractivity contribution in [3.63, 3.8) is 0 Å². The predicted octanol–water partition coefficient (Wildman–Crippen LogP) is 1.21. The summed E-state index contributed by atoms with van der Waals surface area (Å²) in [6.07, 6.45) is 0.410. The number of hydrogen-bond acceptors (Lipinski definition) is 8. The molecule has 11 nitrogen and oxygen atoms in total. The number of hydrogen-bond donors (Lipinski definition) is 4. The third kappa shape index (κ3) is 7.37. The molecule has 4 atom stereocenters. The normalized spacial score (nSPS) is 19.9. The molecular formula is C26H42N4O7S. The highest BCUT2D eigenvalue weighted by atomic mass is 32.2. The highest BCUT2D eigenvalue weighted by Gasteiger charge is 2.37. The van der Waals surface area contributed by atoms with Gasteiger partial charge in [-0.2, -0.15) is 4.31 Å². The van der Waals surface area contributed by atoms with Crippen LogP contribution in [-0.4, -0.2) is 80.3 Å². The molecule has 214 valence electrons. The van der Waals surface area contributed by atoms with E-state index in [0.717, 1.165) is 13.0 Å². The quantitative estimate of drug-likeness (QED) is 0.319. The number of rotatable bonds is 11. The van der Waals surface area contributed by atoms with Gasteiger partial charge in [-0.1, -0.05) is 34.6 Å². The monoisotopic (exact) mass is 554 g/mol. The summed E-state index contributed by atoms with van der Waals surface area (Å²) in [5.41, 5.74) is -0.588. The molecule has 1 saturated heterocycles. The second-order valence-corrected chi connectivity index (χ2v) is 13.5. The van der Waals surface area contributed by atoms with Crippen LogP contribution in [0.25, 0.3) is 0 Å². The van der Waals surface area contributed by atoms with Crippen molar-refractivity contribution >= 4 is 21.8 Å². The number of carbonyl (C=O) groups excluding carboxylic acids is 2. The van der Waals surface area contributed by atoms with Gasteiger partial charge in [-0.25, -0.2) is 8.42 Å². The molecule has 0 radical (unpaired) electrons. The molecule has 1 aromatic rings. The van der Waals surface area contributed by atoms with E-state index in [0.29, 0.717) is 17.9 Å². The van der Waals surface area contributed by atoms with Crippen LogP contribution in [0.3, 0.4) is 0 Å². The number of fused-ring (bicyclic) bond motifs is 1. The largest absolute Gasteiger partial charge is 0.454 e. The van der Waals surface area contributed by atoms with Gasteiger partial charge in [0.15, 0.2) is 11.5 Å². The lowest BCUT2D eigenvalue weighted by Gasteiger charge is -2.34. The summed E-state index contributed by atoms with van der Waals surface area (Å²) >= 11 is 0. The number of amides is 2. The Bertz CT molecular complexity index is 1100. The molecule has 1 fully saturated rings. The van der Waals surface area contributed by atoms with Crippen molar-refractivity contribution < 1.29 is 32.6 Å². The van der Waals surface area contributed by atoms with Crippen molar-refractivity contribution in [2.45, 2.75) is 83.5 Å². The summed E-state index contributed by atoms with van der Waals surface area (Å²) in [5, 5.41) is 19.8. The van der Waals surface area contributed by atoms with E-state index in [9.17, 15) is 23.1 Å². The van der Waals surface area contributed by atoms with Crippen molar-refractivity contribution in [2.75, 3.05) is 26.4 Å². The second-order valence-electron chi connectivity index (χ2n) is 11.6. The first-order valence-electron chi connectivity index (χ1n) is 13.1. The Morgan fingerprint density at radius 2 is 1.82 bits per heavy atom. The van der Waals surface area contributed by atoms with E-state index >= 15 is 0 Å². The number of ether oxygens (including phenoxy) is 2. The highest BCUT2D eigenvalue weighted by Crippen LogP contribution is 2.34. The third-order valence-electron chi connectivity index (χ3n) is 6.68. The third-order valence-corrected chi connectivity index (χ3v) is 8.51. The van der Waals surface area contributed by atoms with E-state index in [2.05, 4.69) is 16.0 Å². The Balaban J connectivity index is 1.71. The van der Waals surface area contributed by atoms with Crippen molar-refractivity contribution in [3.8, 4) is 11.5 Å². The Morgan fingerprint density at radius 3 is 2.42 bits per heavy atom. The van der Waals surface area contributed by atoms with Crippen LogP contribution in [0.15, 0.2) is 23.1 Å². The SMILES string of the molecule is CC(C)CN(C[C@@H](O)[C@H](C)NC(=O)[C@@H](NC(=O)[C@@H]1CCCN1)C(C)(C)C)S(=O)(=O)c1ccc2c(c1)OCO2. The molecule has 0 spiro atoms. The lowest BCUT2D eigenvalue weighted by Crippen LogP contribution is -2.59. The maximum Gasteiger partial charge on any atom is 0.243 e. The van der Waals surface area contributed by atoms with Crippen LogP contribution in [-0.2, 0) is 19.6 Å². The first-order valence-corrected chi connectivity index (χ1v) is 14.6. The van der Waals surface area contributed by atoms with E-state index in [1.54, 1.807) is 13.0 Å². The van der Waals surface area contributed by atoms with Gasteiger partial charge in [0.05, 0.1) is 23.1 Å². The number of sulfonamides is 1. The van der Waals surface area contributed by atoms with Crippen LogP contribution in [0.2, 0.25) is 0 Å². The maximum absolute atomic E-state index is 13.5. The summed E-state index contributed by atoms with van der Waals surface area (Å²) in [6.45, 7) is 11.7. The van der Waals surface area contributed by atoms with Crippen molar-refractivity contribution in [1.82, 2.24) is 20.3 Å². The summed E-state index contributed by atoms with van der Waals surface area (Å²) in [7, 11) is -3.98.